The molecule has 0 aliphatic heterocycles. The molecule has 2 N–H and O–H groups in total. The lowest BCUT2D eigenvalue weighted by molar-refractivity contribution is 0.102. The highest BCUT2D eigenvalue weighted by Gasteiger charge is 2.25. The zero-order valence-electron chi connectivity index (χ0n) is 15.7. The number of halogens is 2. The molecule has 1 saturated carbocycles. The Hall–Kier alpha value is -3.42. The molecule has 148 valence electrons. The van der Waals surface area contributed by atoms with Crippen molar-refractivity contribution in [2.75, 3.05) is 10.6 Å². The number of nitrogens with one attached hydrogen (secondary N) is 2. The van der Waals surface area contributed by atoms with Crippen molar-refractivity contribution in [1.29, 1.82) is 0 Å². The summed E-state index contributed by atoms with van der Waals surface area (Å²) >= 11 is 0. The summed E-state index contributed by atoms with van der Waals surface area (Å²) < 4.78 is 27.2. The minimum atomic E-state index is -0.990. The van der Waals surface area contributed by atoms with Gasteiger partial charge in [0.15, 0.2) is 17.5 Å². The molecule has 29 heavy (non-hydrogen) atoms. The smallest absolute Gasteiger partial charge is 0.257 e. The van der Waals surface area contributed by atoms with Crippen LogP contribution in [0.5, 0.6) is 0 Å². The summed E-state index contributed by atoms with van der Waals surface area (Å²) in [6, 6.07) is 7.14. The monoisotopic (exact) mass is 395 g/mol. The molecule has 0 radical (unpaired) electrons. The predicted octanol–water partition coefficient (Wildman–Crippen LogP) is 4.21. The fraction of sp³-hybridized carbons (Fsp3) is 0.238. The van der Waals surface area contributed by atoms with Crippen LogP contribution in [0.4, 0.5) is 20.3 Å². The van der Waals surface area contributed by atoms with Gasteiger partial charge in [0.1, 0.15) is 12.0 Å². The van der Waals surface area contributed by atoms with Crippen LogP contribution in [0.25, 0.3) is 11.3 Å². The summed E-state index contributed by atoms with van der Waals surface area (Å²) in [6.07, 6.45) is 5.56. The zero-order chi connectivity index (χ0) is 20.4. The van der Waals surface area contributed by atoms with E-state index >= 15 is 0 Å². The second-order valence-electron chi connectivity index (χ2n) is 6.80. The predicted molar refractivity (Wildman–Crippen MR) is 106 cm³/mol. The van der Waals surface area contributed by atoms with Crippen molar-refractivity contribution in [1.82, 2.24) is 15.0 Å². The first-order valence-electron chi connectivity index (χ1n) is 9.39. The fourth-order valence-corrected chi connectivity index (χ4v) is 3.00. The van der Waals surface area contributed by atoms with Gasteiger partial charge in [-0.1, -0.05) is 6.92 Å². The van der Waals surface area contributed by atoms with E-state index in [2.05, 4.69) is 25.6 Å². The van der Waals surface area contributed by atoms with Gasteiger partial charge in [0, 0.05) is 17.8 Å². The van der Waals surface area contributed by atoms with Gasteiger partial charge in [0.05, 0.1) is 17.0 Å². The molecule has 1 fully saturated rings. The first-order valence-corrected chi connectivity index (χ1v) is 9.39. The number of aryl methyl sites for hydroxylation is 1. The molecule has 0 bridgehead atoms. The summed E-state index contributed by atoms with van der Waals surface area (Å²) in [5.41, 5.74) is 2.06. The van der Waals surface area contributed by atoms with E-state index < -0.39 is 11.6 Å². The van der Waals surface area contributed by atoms with Crippen LogP contribution in [-0.4, -0.2) is 26.9 Å². The molecule has 4 rings (SSSR count). The van der Waals surface area contributed by atoms with E-state index in [0.717, 1.165) is 25.0 Å². The van der Waals surface area contributed by atoms with Crippen molar-refractivity contribution in [2.24, 2.45) is 0 Å². The van der Waals surface area contributed by atoms with Gasteiger partial charge in [0.25, 0.3) is 5.91 Å². The third-order valence-electron chi connectivity index (χ3n) is 4.67. The average Bonchev–Trinajstić information content (AvgIpc) is 3.55. The van der Waals surface area contributed by atoms with E-state index in [1.807, 2.05) is 6.92 Å². The van der Waals surface area contributed by atoms with E-state index in [-0.39, 0.29) is 11.9 Å². The summed E-state index contributed by atoms with van der Waals surface area (Å²) in [5, 5.41) is 6.11. The van der Waals surface area contributed by atoms with Gasteiger partial charge in [-0.05, 0) is 49.6 Å². The Labute approximate surface area is 166 Å². The molecular formula is C21H19F2N5O. The summed E-state index contributed by atoms with van der Waals surface area (Å²) in [4.78, 5) is 25.7. The number of aromatic nitrogens is 3. The topological polar surface area (TPSA) is 79.8 Å². The molecule has 0 atom stereocenters. The Kier molecular flexibility index (Phi) is 5.16. The first-order chi connectivity index (χ1) is 14.1. The van der Waals surface area contributed by atoms with Gasteiger partial charge in [-0.25, -0.2) is 18.7 Å². The number of hydrogen-bond donors (Lipinski definition) is 2. The lowest BCUT2D eigenvalue weighted by Crippen LogP contribution is -2.18. The van der Waals surface area contributed by atoms with Gasteiger partial charge >= 0.3 is 0 Å². The van der Waals surface area contributed by atoms with Gasteiger partial charge in [-0.3, -0.25) is 9.78 Å². The Bertz CT molecular complexity index is 1070. The number of amides is 1. The molecule has 2 aromatic heterocycles. The molecule has 3 aromatic rings. The molecule has 6 nitrogen and oxygen atoms in total. The Morgan fingerprint density at radius 3 is 2.69 bits per heavy atom. The number of rotatable bonds is 6. The van der Waals surface area contributed by atoms with Crippen LogP contribution < -0.4 is 10.6 Å². The number of carbonyl (C=O) groups excluding carboxylic acids is 1. The van der Waals surface area contributed by atoms with E-state index in [1.165, 1.54) is 12.4 Å². The second-order valence-corrected chi connectivity index (χ2v) is 6.80. The standard InChI is InChI=1S/C21H19F2N5O/c1-2-17-14(4-3-9-24-17)21(29)28-19-18(12-5-8-15(22)16(23)10-12)25-11-26-20(19)27-13-6-7-13/h3-5,8-11,13H,2,6-7H2,1H3,(H,28,29)(H,25,26,27). The van der Waals surface area contributed by atoms with Crippen molar-refractivity contribution in [2.45, 2.75) is 32.2 Å². The third-order valence-corrected chi connectivity index (χ3v) is 4.67. The van der Waals surface area contributed by atoms with Gasteiger partial charge in [0.2, 0.25) is 0 Å². The number of hydrogen-bond acceptors (Lipinski definition) is 5. The normalized spacial score (nSPS) is 13.2. The number of pyridine rings is 1. The van der Waals surface area contributed by atoms with E-state index in [1.54, 1.807) is 18.3 Å². The van der Waals surface area contributed by atoms with Crippen LogP contribution in [-0.2, 0) is 6.42 Å². The number of carbonyl (C=O) groups is 1. The average molecular weight is 395 g/mol. The number of benzene rings is 1. The quantitative estimate of drug-likeness (QED) is 0.654. The first kappa shape index (κ1) is 18.9. The Balaban J connectivity index is 1.77. The summed E-state index contributed by atoms with van der Waals surface area (Å²) in [5.74, 6) is -1.87. The lowest BCUT2D eigenvalue weighted by atomic mass is 10.1. The van der Waals surface area contributed by atoms with Crippen LogP contribution in [0.2, 0.25) is 0 Å². The summed E-state index contributed by atoms with van der Waals surface area (Å²) in [6.45, 7) is 1.91. The molecule has 1 amide bonds. The lowest BCUT2D eigenvalue weighted by Gasteiger charge is -2.16. The van der Waals surface area contributed by atoms with E-state index in [0.29, 0.717) is 40.4 Å². The van der Waals surface area contributed by atoms with Crippen LogP contribution in [0.15, 0.2) is 42.9 Å². The fourth-order valence-electron chi connectivity index (χ4n) is 3.00. The highest BCUT2D eigenvalue weighted by Crippen LogP contribution is 2.35. The Morgan fingerprint density at radius 2 is 1.97 bits per heavy atom. The SMILES string of the molecule is CCc1ncccc1C(=O)Nc1c(NC2CC2)ncnc1-c1ccc(F)c(F)c1. The zero-order valence-corrected chi connectivity index (χ0v) is 15.7. The number of anilines is 2. The van der Waals surface area contributed by atoms with Crippen LogP contribution in [0.3, 0.4) is 0 Å². The molecule has 0 unspecified atom stereocenters. The van der Waals surface area contributed by atoms with E-state index in [4.69, 9.17) is 0 Å². The van der Waals surface area contributed by atoms with E-state index in [9.17, 15) is 13.6 Å². The number of nitrogens with zero attached hydrogens (tertiary/aromatic N) is 3. The van der Waals surface area contributed by atoms with Crippen molar-refractivity contribution in [3.8, 4) is 11.3 Å². The van der Waals surface area contributed by atoms with Crippen molar-refractivity contribution >= 4 is 17.4 Å². The van der Waals surface area contributed by atoms with Crippen molar-refractivity contribution in [3.05, 3.63) is 65.7 Å². The molecule has 0 saturated heterocycles. The molecule has 0 spiro atoms. The highest BCUT2D eigenvalue weighted by molar-refractivity contribution is 6.08. The van der Waals surface area contributed by atoms with Crippen LogP contribution in [0, 0.1) is 11.6 Å². The van der Waals surface area contributed by atoms with Gasteiger partial charge in [-0.15, -0.1) is 0 Å². The van der Waals surface area contributed by atoms with Crippen LogP contribution >= 0.6 is 0 Å². The molecule has 1 aromatic carbocycles. The summed E-state index contributed by atoms with van der Waals surface area (Å²) in [7, 11) is 0. The van der Waals surface area contributed by atoms with Crippen molar-refractivity contribution in [3.63, 3.8) is 0 Å². The van der Waals surface area contributed by atoms with Gasteiger partial charge in [-0.2, -0.15) is 0 Å². The molecule has 1 aliphatic carbocycles. The third kappa shape index (κ3) is 4.06. The molecule has 1 aliphatic rings. The largest absolute Gasteiger partial charge is 0.365 e. The maximum absolute atomic E-state index is 13.8. The minimum Gasteiger partial charge on any atom is -0.365 e. The van der Waals surface area contributed by atoms with Crippen LogP contribution in [0.1, 0.15) is 35.8 Å². The Morgan fingerprint density at radius 1 is 1.14 bits per heavy atom. The van der Waals surface area contributed by atoms with Gasteiger partial charge < -0.3 is 10.6 Å². The van der Waals surface area contributed by atoms with Crippen molar-refractivity contribution < 1.29 is 13.6 Å². The maximum atomic E-state index is 13.8. The molecule has 8 heteroatoms. The minimum absolute atomic E-state index is 0.267. The second kappa shape index (κ2) is 7.90. The highest BCUT2D eigenvalue weighted by atomic mass is 19.2. The molecule has 2 heterocycles. The molecular weight excluding hydrogens is 376 g/mol. The maximum Gasteiger partial charge on any atom is 0.257 e.